The van der Waals surface area contributed by atoms with E-state index in [1.807, 2.05) is 0 Å². The second kappa shape index (κ2) is 11.3. The molecule has 14 rings (SSSR count). The number of benzene rings is 6. The van der Waals surface area contributed by atoms with Gasteiger partial charge in [0.25, 0.3) is 6.71 Å². The number of rotatable bonds is 3. The average molecular weight is 739 g/mol. The van der Waals surface area contributed by atoms with Gasteiger partial charge in [0, 0.05) is 55.6 Å². The number of hydrogen-bond acceptors (Lipinski definition) is 1. The maximum Gasteiger partial charge on any atom is 0.252 e. The Kier molecular flexibility index (Phi) is 6.06. The maximum atomic E-state index is 6.54. The summed E-state index contributed by atoms with van der Waals surface area (Å²) in [6.07, 6.45) is 19.7. The van der Waals surface area contributed by atoms with Crippen LogP contribution in [0.5, 0.6) is 0 Å². The fourth-order valence-corrected chi connectivity index (χ4v) is 11.4. The van der Waals surface area contributed by atoms with Crippen molar-refractivity contribution >= 4 is 72.4 Å². The van der Waals surface area contributed by atoms with Gasteiger partial charge >= 0.3 is 0 Å². The maximum absolute atomic E-state index is 6.54. The second-order valence-electron chi connectivity index (χ2n) is 16.6. The first-order chi connectivity index (χ1) is 28.8. The topological polar surface area (TPSA) is 23.0 Å². The molecule has 5 heterocycles. The van der Waals surface area contributed by atoms with Crippen LogP contribution in [0, 0.1) is 5.92 Å². The summed E-state index contributed by atoms with van der Waals surface area (Å²) in [6.45, 7) is 0.0570. The van der Waals surface area contributed by atoms with Crippen LogP contribution in [0.15, 0.2) is 180 Å². The molecule has 9 aromatic rings. The molecule has 0 amide bonds. The van der Waals surface area contributed by atoms with E-state index in [4.69, 9.17) is 4.42 Å². The molecule has 2 aliphatic heterocycles. The predicted octanol–water partition coefficient (Wildman–Crippen LogP) is 12.1. The van der Waals surface area contributed by atoms with Crippen LogP contribution in [0.4, 0.5) is 0 Å². The van der Waals surface area contributed by atoms with Gasteiger partial charge in [0.1, 0.15) is 11.2 Å². The Hall–Kier alpha value is -7.04. The van der Waals surface area contributed by atoms with Gasteiger partial charge in [-0.3, -0.25) is 0 Å². The van der Waals surface area contributed by atoms with E-state index in [2.05, 4.69) is 179 Å². The molecular formula is C54H35BN2O. The summed E-state index contributed by atoms with van der Waals surface area (Å²) in [7, 11) is 0. The van der Waals surface area contributed by atoms with Crippen molar-refractivity contribution in [1.82, 2.24) is 9.13 Å². The number of nitrogens with zero attached hydrogens (tertiary/aromatic N) is 2. The van der Waals surface area contributed by atoms with Crippen molar-refractivity contribution in [2.24, 2.45) is 5.92 Å². The molecule has 270 valence electrons. The van der Waals surface area contributed by atoms with Crippen LogP contribution >= 0.6 is 0 Å². The van der Waals surface area contributed by atoms with Gasteiger partial charge in [-0.15, -0.1) is 0 Å². The van der Waals surface area contributed by atoms with Crippen molar-refractivity contribution in [2.45, 2.75) is 19.3 Å². The van der Waals surface area contributed by atoms with Gasteiger partial charge in [0.05, 0.1) is 11.2 Å². The summed E-state index contributed by atoms with van der Waals surface area (Å²) in [5.41, 5.74) is 23.2. The Balaban J connectivity index is 1.20. The van der Waals surface area contributed by atoms with E-state index in [0.29, 0.717) is 5.92 Å². The van der Waals surface area contributed by atoms with E-state index in [1.165, 1.54) is 99.9 Å². The predicted molar refractivity (Wildman–Crippen MR) is 242 cm³/mol. The molecular weight excluding hydrogens is 703 g/mol. The lowest BCUT2D eigenvalue weighted by Crippen LogP contribution is -2.54. The third-order valence-corrected chi connectivity index (χ3v) is 13.7. The SMILES string of the molecule is C1=CC2=C3B4c5c(cc(-c6ccccc6)cc5-n5c6cc7c(cc6c6cccc4c65)oc4ccccc47)-n4c3c(c(-c3ccccc3)c4C3=CCCC=C3)CC2C=C1. The number of hydrogen-bond donors (Lipinski definition) is 0. The normalized spacial score (nSPS) is 17.1. The van der Waals surface area contributed by atoms with E-state index >= 15 is 0 Å². The molecule has 0 fully saturated rings. The van der Waals surface area contributed by atoms with Gasteiger partial charge in [0.2, 0.25) is 0 Å². The highest BCUT2D eigenvalue weighted by molar-refractivity contribution is 7.03. The highest BCUT2D eigenvalue weighted by Gasteiger charge is 2.48. The molecule has 3 nitrogen and oxygen atoms in total. The molecule has 3 aromatic heterocycles. The standard InChI is InChI=1S/C54H35BN2O/c1-4-15-32(16-5-1)36-28-45-51-46(29-36)57-52(34-19-8-3-9-20-34)49(33-17-6-2-7-18-33)42-27-35-21-10-11-22-37(35)50(54(42)57)55(51)43-25-14-24-39-40-31-48-41(30-44(40)56(45)53(39)43)38-23-12-13-26-47(38)58-48/h1-2,4-8,10-26,28-31,35H,3,9,27H2. The molecule has 0 N–H and O–H groups in total. The van der Waals surface area contributed by atoms with Gasteiger partial charge in [-0.1, -0.05) is 140 Å². The Morgan fingerprint density at radius 3 is 2.24 bits per heavy atom. The minimum atomic E-state index is 0.0570. The minimum Gasteiger partial charge on any atom is -0.456 e. The third-order valence-electron chi connectivity index (χ3n) is 13.7. The Bertz CT molecular complexity index is 3470. The highest BCUT2D eigenvalue weighted by Crippen LogP contribution is 2.52. The van der Waals surface area contributed by atoms with Gasteiger partial charge in [-0.05, 0) is 99.4 Å². The number of aromatic nitrogens is 2. The second-order valence-corrected chi connectivity index (χ2v) is 16.6. The van der Waals surface area contributed by atoms with Crippen molar-refractivity contribution in [3.8, 4) is 33.6 Å². The molecule has 0 saturated carbocycles. The largest absolute Gasteiger partial charge is 0.456 e. The van der Waals surface area contributed by atoms with Crippen LogP contribution in [0.3, 0.4) is 0 Å². The Labute approximate surface area is 335 Å². The molecule has 0 radical (unpaired) electrons. The van der Waals surface area contributed by atoms with Crippen molar-refractivity contribution in [3.05, 3.63) is 192 Å². The first kappa shape index (κ1) is 31.1. The van der Waals surface area contributed by atoms with Crippen LogP contribution in [0.1, 0.15) is 29.8 Å². The van der Waals surface area contributed by atoms with Crippen LogP contribution in [-0.4, -0.2) is 15.8 Å². The Morgan fingerprint density at radius 1 is 0.603 bits per heavy atom. The van der Waals surface area contributed by atoms with Gasteiger partial charge in [0.15, 0.2) is 0 Å². The smallest absolute Gasteiger partial charge is 0.252 e. The zero-order valence-electron chi connectivity index (χ0n) is 31.7. The van der Waals surface area contributed by atoms with E-state index in [0.717, 1.165) is 41.2 Å². The minimum absolute atomic E-state index is 0.0570. The number of furan rings is 1. The van der Waals surface area contributed by atoms with E-state index in [-0.39, 0.29) is 6.71 Å². The van der Waals surface area contributed by atoms with Crippen molar-refractivity contribution in [3.63, 3.8) is 0 Å². The molecule has 1 unspecified atom stereocenters. The third kappa shape index (κ3) is 3.95. The fraction of sp³-hybridized carbons (Fsp3) is 0.0741. The molecule has 58 heavy (non-hydrogen) atoms. The zero-order valence-corrected chi connectivity index (χ0v) is 31.7. The van der Waals surface area contributed by atoms with Gasteiger partial charge in [-0.25, -0.2) is 0 Å². The summed E-state index contributed by atoms with van der Waals surface area (Å²) in [6, 6.07) is 47.4. The summed E-state index contributed by atoms with van der Waals surface area (Å²) >= 11 is 0. The molecule has 0 saturated heterocycles. The molecule has 1 atom stereocenters. The van der Waals surface area contributed by atoms with E-state index in [9.17, 15) is 0 Å². The van der Waals surface area contributed by atoms with Crippen molar-refractivity contribution in [2.75, 3.05) is 0 Å². The molecule has 5 aliphatic rings. The molecule has 0 spiro atoms. The summed E-state index contributed by atoms with van der Waals surface area (Å²) in [5.74, 6) is 0.301. The van der Waals surface area contributed by atoms with Crippen molar-refractivity contribution in [1.29, 1.82) is 0 Å². The lowest BCUT2D eigenvalue weighted by atomic mass is 9.31. The first-order valence-corrected chi connectivity index (χ1v) is 20.7. The molecule has 6 aromatic carbocycles. The van der Waals surface area contributed by atoms with Crippen LogP contribution in [0.2, 0.25) is 0 Å². The number of para-hydroxylation sites is 2. The van der Waals surface area contributed by atoms with Crippen molar-refractivity contribution < 1.29 is 4.42 Å². The highest BCUT2D eigenvalue weighted by atomic mass is 16.3. The zero-order chi connectivity index (χ0) is 37.6. The lowest BCUT2D eigenvalue weighted by Gasteiger charge is -2.40. The summed E-state index contributed by atoms with van der Waals surface area (Å²) in [5, 5.41) is 4.81. The van der Waals surface area contributed by atoms with Crippen LogP contribution in [-0.2, 0) is 6.42 Å². The monoisotopic (exact) mass is 738 g/mol. The van der Waals surface area contributed by atoms with E-state index in [1.54, 1.807) is 0 Å². The lowest BCUT2D eigenvalue weighted by molar-refractivity contribution is 0.669. The van der Waals surface area contributed by atoms with Crippen LogP contribution < -0.4 is 10.9 Å². The quantitative estimate of drug-likeness (QED) is 0.166. The molecule has 0 bridgehead atoms. The molecule has 3 aliphatic carbocycles. The number of fused-ring (bicyclic) bond motifs is 11. The summed E-state index contributed by atoms with van der Waals surface area (Å²) in [4.78, 5) is 0. The Morgan fingerprint density at radius 2 is 1.40 bits per heavy atom. The van der Waals surface area contributed by atoms with E-state index < -0.39 is 0 Å². The van der Waals surface area contributed by atoms with Gasteiger partial charge < -0.3 is 13.6 Å². The molecule has 4 heteroatoms. The average Bonchev–Trinajstić information content (AvgIpc) is 3.94. The fourth-order valence-electron chi connectivity index (χ4n) is 11.4. The number of allylic oxidation sites excluding steroid dienone is 9. The first-order valence-electron chi connectivity index (χ1n) is 20.7. The van der Waals surface area contributed by atoms with Gasteiger partial charge in [-0.2, -0.15) is 0 Å². The summed E-state index contributed by atoms with van der Waals surface area (Å²) < 4.78 is 11.9. The van der Waals surface area contributed by atoms with Crippen LogP contribution in [0.25, 0.3) is 88.4 Å².